The van der Waals surface area contributed by atoms with Crippen LogP contribution in [0.15, 0.2) is 18.2 Å². The fourth-order valence-corrected chi connectivity index (χ4v) is 2.95. The summed E-state index contributed by atoms with van der Waals surface area (Å²) in [6.07, 6.45) is 3.80. The van der Waals surface area contributed by atoms with E-state index < -0.39 is 0 Å². The monoisotopic (exact) mass is 236 g/mol. The Hall–Kier alpha value is -0.730. The van der Waals surface area contributed by atoms with Crippen molar-refractivity contribution in [2.24, 2.45) is 0 Å². The molecule has 2 nitrogen and oxygen atoms in total. The Balaban J connectivity index is 1.77. The summed E-state index contributed by atoms with van der Waals surface area (Å²) in [6, 6.07) is 6.95. The van der Waals surface area contributed by atoms with Crippen molar-refractivity contribution in [2.45, 2.75) is 25.3 Å². The molecule has 1 saturated heterocycles. The van der Waals surface area contributed by atoms with Crippen LogP contribution in [0.3, 0.4) is 0 Å². The molecule has 3 rings (SSSR count). The van der Waals surface area contributed by atoms with E-state index in [1.165, 1.54) is 37.1 Å². The van der Waals surface area contributed by atoms with Gasteiger partial charge in [0.15, 0.2) is 0 Å². The number of nitrogens with one attached hydrogen (secondary N) is 1. The number of hydrogen-bond donors (Lipinski definition) is 1. The third-order valence-electron chi connectivity index (χ3n) is 3.64. The SMILES string of the molecule is Clc1ccc2c(c1)N(C[C@@H]1CCCN1)CC2. The van der Waals surface area contributed by atoms with Gasteiger partial charge in [-0.2, -0.15) is 0 Å². The molecule has 0 aromatic heterocycles. The molecule has 0 bridgehead atoms. The minimum atomic E-state index is 0.671. The van der Waals surface area contributed by atoms with E-state index in [4.69, 9.17) is 11.6 Å². The molecule has 1 aromatic rings. The van der Waals surface area contributed by atoms with Crippen LogP contribution in [0, 0.1) is 0 Å². The first-order valence-corrected chi connectivity index (χ1v) is 6.47. The molecule has 3 heteroatoms. The number of fused-ring (bicyclic) bond motifs is 1. The third kappa shape index (κ3) is 1.92. The van der Waals surface area contributed by atoms with Crippen molar-refractivity contribution in [3.05, 3.63) is 28.8 Å². The van der Waals surface area contributed by atoms with Gasteiger partial charge in [-0.15, -0.1) is 0 Å². The van der Waals surface area contributed by atoms with Crippen molar-refractivity contribution in [2.75, 3.05) is 24.5 Å². The van der Waals surface area contributed by atoms with Crippen LogP contribution >= 0.6 is 11.6 Å². The minimum absolute atomic E-state index is 0.671. The summed E-state index contributed by atoms with van der Waals surface area (Å²) < 4.78 is 0. The summed E-state index contributed by atoms with van der Waals surface area (Å²) in [5.74, 6) is 0. The van der Waals surface area contributed by atoms with Gasteiger partial charge in [0, 0.05) is 29.8 Å². The van der Waals surface area contributed by atoms with Crippen molar-refractivity contribution in [1.82, 2.24) is 5.32 Å². The zero-order valence-corrected chi connectivity index (χ0v) is 10.1. The Kier molecular flexibility index (Phi) is 2.78. The van der Waals surface area contributed by atoms with Crippen molar-refractivity contribution in [3.8, 4) is 0 Å². The van der Waals surface area contributed by atoms with Crippen LogP contribution in [0.2, 0.25) is 5.02 Å². The van der Waals surface area contributed by atoms with Crippen molar-refractivity contribution >= 4 is 17.3 Å². The number of halogens is 1. The molecule has 1 fully saturated rings. The maximum Gasteiger partial charge on any atom is 0.0426 e. The summed E-state index contributed by atoms with van der Waals surface area (Å²) in [5, 5.41) is 4.41. The standard InChI is InChI=1S/C13H17ClN2/c14-11-4-3-10-5-7-16(13(10)8-11)9-12-2-1-6-15-12/h3-4,8,12,15H,1-2,5-7,9H2/t12-/m0/s1. The Bertz CT molecular complexity index is 386. The average Bonchev–Trinajstić information content (AvgIpc) is 2.90. The Labute approximate surface area is 102 Å². The molecule has 1 atom stereocenters. The number of benzene rings is 1. The number of anilines is 1. The van der Waals surface area contributed by atoms with E-state index in [1.54, 1.807) is 0 Å². The molecule has 2 aliphatic rings. The highest BCUT2D eigenvalue weighted by molar-refractivity contribution is 6.30. The van der Waals surface area contributed by atoms with Gasteiger partial charge >= 0.3 is 0 Å². The van der Waals surface area contributed by atoms with Gasteiger partial charge in [-0.1, -0.05) is 17.7 Å². The summed E-state index contributed by atoms with van der Waals surface area (Å²) >= 11 is 6.06. The Morgan fingerprint density at radius 1 is 1.44 bits per heavy atom. The van der Waals surface area contributed by atoms with E-state index in [-0.39, 0.29) is 0 Å². The van der Waals surface area contributed by atoms with Gasteiger partial charge in [0.2, 0.25) is 0 Å². The van der Waals surface area contributed by atoms with Gasteiger partial charge < -0.3 is 10.2 Å². The van der Waals surface area contributed by atoms with Gasteiger partial charge in [0.1, 0.15) is 0 Å². The number of nitrogens with zero attached hydrogens (tertiary/aromatic N) is 1. The van der Waals surface area contributed by atoms with Crippen LogP contribution in [0.1, 0.15) is 18.4 Å². The summed E-state index contributed by atoms with van der Waals surface area (Å²) in [5.41, 5.74) is 2.79. The minimum Gasteiger partial charge on any atom is -0.369 e. The van der Waals surface area contributed by atoms with Crippen molar-refractivity contribution in [3.63, 3.8) is 0 Å². The molecular weight excluding hydrogens is 220 g/mol. The molecule has 0 radical (unpaired) electrons. The lowest BCUT2D eigenvalue weighted by Crippen LogP contribution is -2.36. The predicted octanol–water partition coefficient (Wildman–Crippen LogP) is 2.45. The average molecular weight is 237 g/mol. The molecule has 0 saturated carbocycles. The fourth-order valence-electron chi connectivity index (χ4n) is 2.79. The highest BCUT2D eigenvalue weighted by atomic mass is 35.5. The van der Waals surface area contributed by atoms with Gasteiger partial charge in [0.05, 0.1) is 0 Å². The molecule has 0 aliphatic carbocycles. The molecule has 0 unspecified atom stereocenters. The van der Waals surface area contributed by atoms with E-state index in [9.17, 15) is 0 Å². The Morgan fingerprint density at radius 2 is 2.38 bits per heavy atom. The maximum atomic E-state index is 6.06. The highest BCUT2D eigenvalue weighted by Gasteiger charge is 2.23. The van der Waals surface area contributed by atoms with Gasteiger partial charge in [-0.3, -0.25) is 0 Å². The lowest BCUT2D eigenvalue weighted by Gasteiger charge is -2.23. The van der Waals surface area contributed by atoms with Crippen LogP contribution in [0.5, 0.6) is 0 Å². The second kappa shape index (κ2) is 4.27. The Morgan fingerprint density at radius 3 is 3.19 bits per heavy atom. The molecule has 16 heavy (non-hydrogen) atoms. The molecule has 2 heterocycles. The van der Waals surface area contributed by atoms with Crippen LogP contribution in [-0.2, 0) is 6.42 Å². The molecule has 1 aromatic carbocycles. The first-order chi connectivity index (χ1) is 7.83. The smallest absolute Gasteiger partial charge is 0.0426 e. The summed E-state index contributed by atoms with van der Waals surface area (Å²) in [7, 11) is 0. The van der Waals surface area contributed by atoms with Crippen LogP contribution in [0.4, 0.5) is 5.69 Å². The molecule has 2 aliphatic heterocycles. The third-order valence-corrected chi connectivity index (χ3v) is 3.88. The van der Waals surface area contributed by atoms with E-state index in [0.717, 1.165) is 18.1 Å². The first-order valence-electron chi connectivity index (χ1n) is 6.10. The lowest BCUT2D eigenvalue weighted by molar-refractivity contribution is 0.589. The van der Waals surface area contributed by atoms with E-state index >= 15 is 0 Å². The van der Waals surface area contributed by atoms with Crippen molar-refractivity contribution in [1.29, 1.82) is 0 Å². The zero-order valence-electron chi connectivity index (χ0n) is 9.38. The second-order valence-corrected chi connectivity index (χ2v) is 5.20. The lowest BCUT2D eigenvalue weighted by atomic mass is 10.1. The molecule has 0 amide bonds. The van der Waals surface area contributed by atoms with E-state index in [0.29, 0.717) is 6.04 Å². The highest BCUT2D eigenvalue weighted by Crippen LogP contribution is 2.31. The second-order valence-electron chi connectivity index (χ2n) is 4.76. The van der Waals surface area contributed by atoms with E-state index in [2.05, 4.69) is 22.3 Å². The topological polar surface area (TPSA) is 15.3 Å². The first kappa shape index (κ1) is 10.4. The van der Waals surface area contributed by atoms with Gasteiger partial charge in [-0.05, 0) is 43.5 Å². The predicted molar refractivity (Wildman–Crippen MR) is 68.4 cm³/mol. The summed E-state index contributed by atoms with van der Waals surface area (Å²) in [4.78, 5) is 2.48. The summed E-state index contributed by atoms with van der Waals surface area (Å²) in [6.45, 7) is 3.46. The fraction of sp³-hybridized carbons (Fsp3) is 0.538. The van der Waals surface area contributed by atoms with E-state index in [1.807, 2.05) is 6.07 Å². The van der Waals surface area contributed by atoms with Crippen LogP contribution in [0.25, 0.3) is 0 Å². The molecular formula is C13H17ClN2. The number of rotatable bonds is 2. The van der Waals surface area contributed by atoms with Crippen molar-refractivity contribution < 1.29 is 0 Å². The van der Waals surface area contributed by atoms with Crippen LogP contribution in [-0.4, -0.2) is 25.7 Å². The number of hydrogen-bond acceptors (Lipinski definition) is 2. The van der Waals surface area contributed by atoms with Gasteiger partial charge in [-0.25, -0.2) is 0 Å². The maximum absolute atomic E-state index is 6.06. The molecule has 1 N–H and O–H groups in total. The quantitative estimate of drug-likeness (QED) is 0.849. The largest absolute Gasteiger partial charge is 0.369 e. The van der Waals surface area contributed by atoms with Gasteiger partial charge in [0.25, 0.3) is 0 Å². The molecule has 86 valence electrons. The molecule has 0 spiro atoms. The zero-order chi connectivity index (χ0) is 11.0. The normalized spacial score (nSPS) is 23.8. The van der Waals surface area contributed by atoms with Crippen LogP contribution < -0.4 is 10.2 Å².